The second-order valence-electron chi connectivity index (χ2n) is 10.2. The SMILES string of the molecule is CC(=O)N1CCCC1C(=O)NC(Cc1ccccc1)C(=O)NCCCOCCOCCOCCCNC(=O)CCC(=O)O. The highest BCUT2D eigenvalue weighted by Gasteiger charge is 2.34. The van der Waals surface area contributed by atoms with Crippen molar-refractivity contribution < 1.29 is 43.3 Å². The minimum Gasteiger partial charge on any atom is -0.481 e. The minimum absolute atomic E-state index is 0.0287. The van der Waals surface area contributed by atoms with Gasteiger partial charge in [0.2, 0.25) is 23.6 Å². The van der Waals surface area contributed by atoms with Crippen LogP contribution in [0.5, 0.6) is 0 Å². The van der Waals surface area contributed by atoms with Crippen LogP contribution in [0, 0.1) is 0 Å². The van der Waals surface area contributed by atoms with Crippen LogP contribution in [0.25, 0.3) is 0 Å². The molecule has 4 N–H and O–H groups in total. The Bertz CT molecular complexity index is 1010. The Hall–Kier alpha value is -3.55. The van der Waals surface area contributed by atoms with Gasteiger partial charge in [-0.2, -0.15) is 0 Å². The number of hydrogen-bond acceptors (Lipinski definition) is 8. The van der Waals surface area contributed by atoms with Crippen molar-refractivity contribution >= 4 is 29.6 Å². The zero-order valence-electron chi connectivity index (χ0n) is 25.0. The Morgan fingerprint density at radius 3 is 2.09 bits per heavy atom. The molecule has 2 rings (SSSR count). The van der Waals surface area contributed by atoms with Gasteiger partial charge in [-0.25, -0.2) is 0 Å². The Balaban J connectivity index is 1.54. The number of amides is 4. The molecule has 2 unspecified atom stereocenters. The minimum atomic E-state index is -0.997. The summed E-state index contributed by atoms with van der Waals surface area (Å²) in [5.41, 5.74) is 0.921. The molecule has 2 atom stereocenters. The highest BCUT2D eigenvalue weighted by atomic mass is 16.5. The van der Waals surface area contributed by atoms with Crippen molar-refractivity contribution in [2.24, 2.45) is 0 Å². The van der Waals surface area contributed by atoms with Crippen LogP contribution in [-0.4, -0.2) is 111 Å². The van der Waals surface area contributed by atoms with Crippen LogP contribution in [0.2, 0.25) is 0 Å². The number of nitrogens with zero attached hydrogens (tertiary/aromatic N) is 1. The zero-order valence-corrected chi connectivity index (χ0v) is 25.0. The molecule has 43 heavy (non-hydrogen) atoms. The maximum Gasteiger partial charge on any atom is 0.303 e. The van der Waals surface area contributed by atoms with Gasteiger partial charge in [-0.3, -0.25) is 24.0 Å². The molecule has 0 aliphatic carbocycles. The van der Waals surface area contributed by atoms with Crippen molar-refractivity contribution in [1.82, 2.24) is 20.9 Å². The summed E-state index contributed by atoms with van der Waals surface area (Å²) in [6.45, 7) is 5.32. The molecule has 0 bridgehead atoms. The van der Waals surface area contributed by atoms with E-state index in [-0.39, 0.29) is 36.5 Å². The van der Waals surface area contributed by atoms with E-state index in [1.807, 2.05) is 30.3 Å². The van der Waals surface area contributed by atoms with Crippen LogP contribution >= 0.6 is 0 Å². The third kappa shape index (κ3) is 15.5. The Morgan fingerprint density at radius 2 is 1.49 bits per heavy atom. The number of carboxylic acids is 1. The molecule has 1 aliphatic heterocycles. The van der Waals surface area contributed by atoms with E-state index in [2.05, 4.69) is 16.0 Å². The predicted octanol–water partition coefficient (Wildman–Crippen LogP) is 0.652. The molecule has 240 valence electrons. The van der Waals surface area contributed by atoms with Gasteiger partial charge in [0.15, 0.2) is 0 Å². The van der Waals surface area contributed by atoms with Crippen LogP contribution < -0.4 is 16.0 Å². The van der Waals surface area contributed by atoms with E-state index in [4.69, 9.17) is 19.3 Å². The summed E-state index contributed by atoms with van der Waals surface area (Å²) in [7, 11) is 0. The molecule has 1 aliphatic rings. The average Bonchev–Trinajstić information content (AvgIpc) is 3.49. The molecule has 1 heterocycles. The van der Waals surface area contributed by atoms with Crippen LogP contribution in [0.4, 0.5) is 0 Å². The molecule has 1 aromatic rings. The summed E-state index contributed by atoms with van der Waals surface area (Å²) >= 11 is 0. The summed E-state index contributed by atoms with van der Waals surface area (Å²) in [6.07, 6.45) is 2.69. The zero-order chi connectivity index (χ0) is 31.3. The third-order valence-corrected chi connectivity index (χ3v) is 6.74. The van der Waals surface area contributed by atoms with Crippen molar-refractivity contribution in [3.63, 3.8) is 0 Å². The number of ether oxygens (including phenoxy) is 3. The van der Waals surface area contributed by atoms with Gasteiger partial charge >= 0.3 is 5.97 Å². The van der Waals surface area contributed by atoms with Crippen molar-refractivity contribution in [2.45, 2.75) is 64.0 Å². The number of carbonyl (C=O) groups is 5. The smallest absolute Gasteiger partial charge is 0.303 e. The topological polar surface area (TPSA) is 173 Å². The summed E-state index contributed by atoms with van der Waals surface area (Å²) in [5, 5.41) is 16.9. The lowest BCUT2D eigenvalue weighted by atomic mass is 10.0. The van der Waals surface area contributed by atoms with Gasteiger partial charge in [-0.1, -0.05) is 30.3 Å². The third-order valence-electron chi connectivity index (χ3n) is 6.74. The Morgan fingerprint density at radius 1 is 0.884 bits per heavy atom. The van der Waals surface area contributed by atoms with Gasteiger partial charge in [0.25, 0.3) is 0 Å². The molecule has 4 amide bonds. The molecule has 13 nitrogen and oxygen atoms in total. The predicted molar refractivity (Wildman–Crippen MR) is 157 cm³/mol. The lowest BCUT2D eigenvalue weighted by Gasteiger charge is -2.25. The first-order chi connectivity index (χ1) is 20.8. The molecule has 1 fully saturated rings. The second-order valence-corrected chi connectivity index (χ2v) is 10.2. The normalized spacial score (nSPS) is 15.1. The second kappa shape index (κ2) is 21.2. The van der Waals surface area contributed by atoms with E-state index < -0.39 is 18.1 Å². The van der Waals surface area contributed by atoms with Gasteiger partial charge in [0.05, 0.1) is 32.8 Å². The maximum absolute atomic E-state index is 13.0. The Labute approximate surface area is 253 Å². The van der Waals surface area contributed by atoms with E-state index in [1.165, 1.54) is 6.92 Å². The standard InChI is InChI=1S/C30H46N4O9/c1-23(35)34-15-5-10-26(34)30(40)33-25(22-24-8-3-2-4-9-24)29(39)32-14-7-17-42-19-21-43-20-18-41-16-6-13-31-27(36)11-12-28(37)38/h2-4,8-9,25-26H,5-7,10-22H2,1H3,(H,31,36)(H,32,39)(H,33,40)(H,37,38). The quantitative estimate of drug-likeness (QED) is 0.138. The first-order valence-electron chi connectivity index (χ1n) is 14.9. The first kappa shape index (κ1) is 35.6. The monoisotopic (exact) mass is 606 g/mol. The van der Waals surface area contributed by atoms with Crippen LogP contribution in [0.1, 0.15) is 51.0 Å². The fourth-order valence-corrected chi connectivity index (χ4v) is 4.50. The maximum atomic E-state index is 13.0. The van der Waals surface area contributed by atoms with Crippen molar-refractivity contribution in [3.8, 4) is 0 Å². The lowest BCUT2D eigenvalue weighted by molar-refractivity contribution is -0.138. The number of carbonyl (C=O) groups excluding carboxylic acids is 4. The Kier molecular flexibility index (Phi) is 17.6. The first-order valence-corrected chi connectivity index (χ1v) is 14.9. The number of nitrogens with one attached hydrogen (secondary N) is 3. The van der Waals surface area contributed by atoms with Gasteiger partial charge in [-0.05, 0) is 31.2 Å². The van der Waals surface area contributed by atoms with Crippen molar-refractivity contribution in [2.75, 3.05) is 59.3 Å². The summed E-state index contributed by atoms with van der Waals surface area (Å²) in [6, 6.07) is 8.15. The summed E-state index contributed by atoms with van der Waals surface area (Å²) in [5.74, 6) is -2.02. The number of hydrogen-bond donors (Lipinski definition) is 4. The number of aliphatic carboxylic acids is 1. The van der Waals surface area contributed by atoms with E-state index in [1.54, 1.807) is 4.90 Å². The van der Waals surface area contributed by atoms with Crippen molar-refractivity contribution in [1.29, 1.82) is 0 Å². The molecule has 0 saturated carbocycles. The molecular formula is C30H46N4O9. The largest absolute Gasteiger partial charge is 0.481 e. The molecule has 0 radical (unpaired) electrons. The van der Waals surface area contributed by atoms with Crippen LogP contribution in [-0.2, 0) is 44.6 Å². The summed E-state index contributed by atoms with van der Waals surface area (Å²) < 4.78 is 16.4. The van der Waals surface area contributed by atoms with Gasteiger partial charge in [0, 0.05) is 52.6 Å². The fourth-order valence-electron chi connectivity index (χ4n) is 4.50. The van der Waals surface area contributed by atoms with E-state index in [0.717, 1.165) is 12.0 Å². The molecule has 1 saturated heterocycles. The van der Waals surface area contributed by atoms with E-state index in [0.29, 0.717) is 85.0 Å². The number of likely N-dealkylation sites (tertiary alicyclic amines) is 1. The highest BCUT2D eigenvalue weighted by Crippen LogP contribution is 2.18. The van der Waals surface area contributed by atoms with Crippen LogP contribution in [0.3, 0.4) is 0 Å². The van der Waals surface area contributed by atoms with Gasteiger partial charge in [0.1, 0.15) is 12.1 Å². The molecular weight excluding hydrogens is 560 g/mol. The molecule has 0 aromatic heterocycles. The van der Waals surface area contributed by atoms with Gasteiger partial charge in [-0.15, -0.1) is 0 Å². The number of rotatable bonds is 22. The molecule has 0 spiro atoms. The lowest BCUT2D eigenvalue weighted by Crippen LogP contribution is -2.53. The molecule has 13 heteroatoms. The van der Waals surface area contributed by atoms with Crippen molar-refractivity contribution in [3.05, 3.63) is 35.9 Å². The number of carboxylic acid groups (broad SMARTS) is 1. The highest BCUT2D eigenvalue weighted by molar-refractivity contribution is 5.92. The molecule has 1 aromatic carbocycles. The fraction of sp³-hybridized carbons (Fsp3) is 0.633. The van der Waals surface area contributed by atoms with Crippen LogP contribution in [0.15, 0.2) is 30.3 Å². The van der Waals surface area contributed by atoms with E-state index >= 15 is 0 Å². The summed E-state index contributed by atoms with van der Waals surface area (Å²) in [4.78, 5) is 61.2. The van der Waals surface area contributed by atoms with Gasteiger partial charge < -0.3 is 40.2 Å². The average molecular weight is 607 g/mol. The van der Waals surface area contributed by atoms with E-state index in [9.17, 15) is 24.0 Å². The number of benzene rings is 1.